The molecule has 0 saturated carbocycles. The Morgan fingerprint density at radius 3 is 2.24 bits per heavy atom. The molecule has 0 aliphatic carbocycles. The third-order valence-corrected chi connectivity index (χ3v) is 6.87. The third kappa shape index (κ3) is 4.96. The molecule has 0 aromatic heterocycles. The van der Waals surface area contributed by atoms with E-state index in [1.807, 2.05) is 36.4 Å². The molecule has 6 nitrogen and oxygen atoms in total. The molecule has 0 unspecified atom stereocenters. The van der Waals surface area contributed by atoms with E-state index in [1.165, 1.54) is 43.5 Å². The van der Waals surface area contributed by atoms with Crippen LogP contribution in [-0.2, 0) is 14.8 Å². The summed E-state index contributed by atoms with van der Waals surface area (Å²) in [5, 5.41) is 4.71. The zero-order chi connectivity index (χ0) is 23.4. The number of benzene rings is 4. The molecule has 0 heterocycles. The lowest BCUT2D eigenvalue weighted by atomic mass is 10.1. The van der Waals surface area contributed by atoms with E-state index in [0.29, 0.717) is 11.4 Å². The Hall–Kier alpha value is -3.91. The first-order valence-corrected chi connectivity index (χ1v) is 11.5. The van der Waals surface area contributed by atoms with Gasteiger partial charge in [0.15, 0.2) is 0 Å². The smallest absolute Gasteiger partial charge is 0.264 e. The maximum absolute atomic E-state index is 13.5. The van der Waals surface area contributed by atoms with E-state index in [4.69, 9.17) is 4.74 Å². The zero-order valence-electron chi connectivity index (χ0n) is 17.7. The van der Waals surface area contributed by atoms with Crippen molar-refractivity contribution in [3.63, 3.8) is 0 Å². The fourth-order valence-corrected chi connectivity index (χ4v) is 4.82. The normalized spacial score (nSPS) is 11.2. The summed E-state index contributed by atoms with van der Waals surface area (Å²) in [6, 6.07) is 23.9. The van der Waals surface area contributed by atoms with Crippen LogP contribution in [0.25, 0.3) is 10.8 Å². The second-order valence-electron chi connectivity index (χ2n) is 7.27. The Kier molecular flexibility index (Phi) is 6.28. The van der Waals surface area contributed by atoms with Gasteiger partial charge in [0.1, 0.15) is 18.1 Å². The second-order valence-corrected chi connectivity index (χ2v) is 9.14. The van der Waals surface area contributed by atoms with Gasteiger partial charge in [-0.1, -0.05) is 30.3 Å². The number of hydrogen-bond donors (Lipinski definition) is 1. The SMILES string of the molecule is COc1ccc(S(=O)(=O)N(CC(=O)Nc2ccc3ccccc3c2)c2ccc(F)cc2)cc1. The molecule has 1 amide bonds. The van der Waals surface area contributed by atoms with Gasteiger partial charge in [-0.25, -0.2) is 12.8 Å². The number of carbonyl (C=O) groups is 1. The van der Waals surface area contributed by atoms with Crippen LogP contribution < -0.4 is 14.4 Å². The first-order valence-electron chi connectivity index (χ1n) is 10.1. The van der Waals surface area contributed by atoms with Gasteiger partial charge in [-0.3, -0.25) is 9.10 Å². The van der Waals surface area contributed by atoms with Crippen molar-refractivity contribution in [3.05, 3.63) is 96.8 Å². The van der Waals surface area contributed by atoms with Crippen LogP contribution in [0.2, 0.25) is 0 Å². The van der Waals surface area contributed by atoms with Gasteiger partial charge < -0.3 is 10.1 Å². The molecule has 168 valence electrons. The lowest BCUT2D eigenvalue weighted by Gasteiger charge is -2.24. The van der Waals surface area contributed by atoms with E-state index in [2.05, 4.69) is 5.32 Å². The van der Waals surface area contributed by atoms with E-state index < -0.39 is 28.3 Å². The van der Waals surface area contributed by atoms with E-state index in [0.717, 1.165) is 27.2 Å². The van der Waals surface area contributed by atoms with Gasteiger partial charge in [-0.15, -0.1) is 0 Å². The molecule has 0 spiro atoms. The van der Waals surface area contributed by atoms with Crippen LogP contribution in [0.4, 0.5) is 15.8 Å². The fraction of sp³-hybridized carbons (Fsp3) is 0.0800. The Balaban J connectivity index is 1.63. The van der Waals surface area contributed by atoms with Gasteiger partial charge >= 0.3 is 0 Å². The average Bonchev–Trinajstić information content (AvgIpc) is 2.83. The fourth-order valence-electron chi connectivity index (χ4n) is 3.40. The predicted molar refractivity (Wildman–Crippen MR) is 127 cm³/mol. The zero-order valence-corrected chi connectivity index (χ0v) is 18.6. The number of rotatable bonds is 7. The van der Waals surface area contributed by atoms with Crippen molar-refractivity contribution in [2.75, 3.05) is 23.3 Å². The van der Waals surface area contributed by atoms with Crippen LogP contribution in [0.1, 0.15) is 0 Å². The van der Waals surface area contributed by atoms with Crippen molar-refractivity contribution < 1.29 is 22.3 Å². The number of methoxy groups -OCH3 is 1. The monoisotopic (exact) mass is 464 g/mol. The number of fused-ring (bicyclic) bond motifs is 1. The number of ether oxygens (including phenoxy) is 1. The minimum absolute atomic E-state index is 0.0221. The molecular formula is C25H21FN2O4S. The average molecular weight is 465 g/mol. The molecule has 0 aliphatic heterocycles. The quantitative estimate of drug-likeness (QED) is 0.425. The molecule has 0 radical (unpaired) electrons. The number of halogens is 1. The van der Waals surface area contributed by atoms with Crippen LogP contribution in [-0.4, -0.2) is 28.0 Å². The Morgan fingerprint density at radius 2 is 1.58 bits per heavy atom. The van der Waals surface area contributed by atoms with E-state index in [1.54, 1.807) is 6.07 Å². The van der Waals surface area contributed by atoms with Crippen molar-refractivity contribution in [3.8, 4) is 5.75 Å². The number of nitrogens with zero attached hydrogens (tertiary/aromatic N) is 1. The summed E-state index contributed by atoms with van der Waals surface area (Å²) >= 11 is 0. The first-order chi connectivity index (χ1) is 15.9. The molecule has 0 saturated heterocycles. The highest BCUT2D eigenvalue weighted by Gasteiger charge is 2.27. The summed E-state index contributed by atoms with van der Waals surface area (Å²) in [7, 11) is -2.64. The summed E-state index contributed by atoms with van der Waals surface area (Å²) in [6.45, 7) is -0.493. The summed E-state index contributed by atoms with van der Waals surface area (Å²) < 4.78 is 46.3. The number of amides is 1. The Labute approximate surface area is 191 Å². The summed E-state index contributed by atoms with van der Waals surface area (Å²) in [4.78, 5) is 12.8. The highest BCUT2D eigenvalue weighted by molar-refractivity contribution is 7.92. The van der Waals surface area contributed by atoms with Crippen LogP contribution in [0.3, 0.4) is 0 Å². The highest BCUT2D eigenvalue weighted by Crippen LogP contribution is 2.26. The van der Waals surface area contributed by atoms with Gasteiger partial charge in [0.2, 0.25) is 5.91 Å². The minimum Gasteiger partial charge on any atom is -0.497 e. The molecule has 8 heteroatoms. The lowest BCUT2D eigenvalue weighted by Crippen LogP contribution is -2.38. The highest BCUT2D eigenvalue weighted by atomic mass is 32.2. The summed E-state index contributed by atoms with van der Waals surface area (Å²) in [5.41, 5.74) is 0.709. The molecule has 4 rings (SSSR count). The number of nitrogens with one attached hydrogen (secondary N) is 1. The van der Waals surface area contributed by atoms with Crippen LogP contribution in [0.15, 0.2) is 95.9 Å². The van der Waals surface area contributed by atoms with Crippen LogP contribution in [0.5, 0.6) is 5.75 Å². The van der Waals surface area contributed by atoms with Crippen molar-refractivity contribution in [1.82, 2.24) is 0 Å². The molecule has 1 N–H and O–H groups in total. The molecule has 4 aromatic carbocycles. The van der Waals surface area contributed by atoms with E-state index in [9.17, 15) is 17.6 Å². The van der Waals surface area contributed by atoms with Crippen LogP contribution in [0, 0.1) is 5.82 Å². The van der Waals surface area contributed by atoms with Gasteiger partial charge in [0.25, 0.3) is 10.0 Å². The van der Waals surface area contributed by atoms with Gasteiger partial charge in [-0.05, 0) is 71.4 Å². The van der Waals surface area contributed by atoms with Crippen molar-refractivity contribution in [1.29, 1.82) is 0 Å². The first kappa shape index (κ1) is 22.3. The molecule has 0 bridgehead atoms. The van der Waals surface area contributed by atoms with E-state index in [-0.39, 0.29) is 10.6 Å². The maximum Gasteiger partial charge on any atom is 0.264 e. The Bertz CT molecular complexity index is 1390. The maximum atomic E-state index is 13.5. The number of sulfonamides is 1. The van der Waals surface area contributed by atoms with E-state index >= 15 is 0 Å². The molecule has 0 aliphatic rings. The number of anilines is 2. The predicted octanol–water partition coefficient (Wildman–Crippen LogP) is 4.82. The van der Waals surface area contributed by atoms with Crippen molar-refractivity contribution >= 4 is 38.1 Å². The van der Waals surface area contributed by atoms with Crippen molar-refractivity contribution in [2.24, 2.45) is 0 Å². The largest absolute Gasteiger partial charge is 0.497 e. The molecular weight excluding hydrogens is 443 g/mol. The molecule has 0 atom stereocenters. The van der Waals surface area contributed by atoms with Crippen molar-refractivity contribution in [2.45, 2.75) is 4.90 Å². The topological polar surface area (TPSA) is 75.7 Å². The third-order valence-electron chi connectivity index (χ3n) is 5.08. The number of hydrogen-bond acceptors (Lipinski definition) is 4. The van der Waals surface area contributed by atoms with Gasteiger partial charge in [0, 0.05) is 5.69 Å². The summed E-state index contributed by atoms with van der Waals surface area (Å²) in [5.74, 6) is -0.552. The van der Waals surface area contributed by atoms with Gasteiger partial charge in [-0.2, -0.15) is 0 Å². The molecule has 33 heavy (non-hydrogen) atoms. The Morgan fingerprint density at radius 1 is 0.909 bits per heavy atom. The summed E-state index contributed by atoms with van der Waals surface area (Å²) in [6.07, 6.45) is 0. The minimum atomic E-state index is -4.12. The number of carbonyl (C=O) groups excluding carboxylic acids is 1. The van der Waals surface area contributed by atoms with Crippen LogP contribution >= 0.6 is 0 Å². The lowest BCUT2D eigenvalue weighted by molar-refractivity contribution is -0.114. The molecule has 0 fully saturated rings. The molecule has 4 aromatic rings. The van der Waals surface area contributed by atoms with Gasteiger partial charge in [0.05, 0.1) is 17.7 Å². The second kappa shape index (κ2) is 9.30. The standard InChI is InChI=1S/C25H21FN2O4S/c1-32-23-12-14-24(15-13-23)33(30,31)28(22-10-7-20(26)8-11-22)17-25(29)27-21-9-6-18-4-2-3-5-19(18)16-21/h2-16H,17H2,1H3,(H,27,29).